The smallest absolute Gasteiger partial charge is 0.180 e. The first-order valence-corrected chi connectivity index (χ1v) is 10.1. The topological polar surface area (TPSA) is 59.9 Å². The fraction of sp³-hybridized carbons (Fsp3) is 0.125. The molecule has 1 N–H and O–H groups in total. The second-order valence-corrected chi connectivity index (χ2v) is 7.56. The van der Waals surface area contributed by atoms with Crippen molar-refractivity contribution in [3.8, 4) is 17.1 Å². The van der Waals surface area contributed by atoms with Crippen molar-refractivity contribution in [1.82, 2.24) is 15.0 Å². The van der Waals surface area contributed by atoms with E-state index in [2.05, 4.69) is 26.3 Å². The number of aromatic nitrogens is 3. The van der Waals surface area contributed by atoms with E-state index in [1.165, 1.54) is 24.4 Å². The summed E-state index contributed by atoms with van der Waals surface area (Å²) < 4.78 is 20.4. The van der Waals surface area contributed by atoms with Crippen molar-refractivity contribution in [3.63, 3.8) is 0 Å². The van der Waals surface area contributed by atoms with Crippen LogP contribution in [0.25, 0.3) is 11.4 Å². The summed E-state index contributed by atoms with van der Waals surface area (Å²) in [4.78, 5) is 13.0. The number of anilines is 2. The average molecular weight is 435 g/mol. The summed E-state index contributed by atoms with van der Waals surface area (Å²) in [6.45, 7) is 4.31. The predicted molar refractivity (Wildman–Crippen MR) is 120 cm³/mol. The van der Waals surface area contributed by atoms with Crippen molar-refractivity contribution in [1.29, 1.82) is 0 Å². The number of rotatable bonds is 6. The number of halogens is 2. The van der Waals surface area contributed by atoms with E-state index in [0.717, 1.165) is 22.4 Å². The highest BCUT2D eigenvalue weighted by Gasteiger charge is 2.15. The molecule has 0 saturated carbocycles. The molecule has 0 aliphatic heterocycles. The summed E-state index contributed by atoms with van der Waals surface area (Å²) in [5.41, 5.74) is 4.13. The molecule has 0 saturated heterocycles. The minimum atomic E-state index is -0.455. The minimum absolute atomic E-state index is 0.206. The van der Waals surface area contributed by atoms with Crippen LogP contribution in [0.3, 0.4) is 0 Å². The maximum atomic E-state index is 14.4. The van der Waals surface area contributed by atoms with Crippen LogP contribution in [0.2, 0.25) is 5.02 Å². The van der Waals surface area contributed by atoms with Gasteiger partial charge in [-0.05, 0) is 49.2 Å². The molecule has 0 fully saturated rings. The van der Waals surface area contributed by atoms with Gasteiger partial charge in [-0.25, -0.2) is 14.4 Å². The Bertz CT molecular complexity index is 1230. The maximum Gasteiger partial charge on any atom is 0.180 e. The van der Waals surface area contributed by atoms with Gasteiger partial charge in [0.2, 0.25) is 0 Å². The Labute approximate surface area is 184 Å². The first-order chi connectivity index (χ1) is 15.0. The third-order valence-electron chi connectivity index (χ3n) is 4.67. The number of hydrogen-bond acceptors (Lipinski definition) is 5. The van der Waals surface area contributed by atoms with Gasteiger partial charge in [0.15, 0.2) is 17.4 Å². The van der Waals surface area contributed by atoms with Crippen molar-refractivity contribution >= 4 is 23.1 Å². The number of pyridine rings is 1. The molecule has 0 bridgehead atoms. The van der Waals surface area contributed by atoms with Crippen molar-refractivity contribution in [2.75, 3.05) is 5.32 Å². The fourth-order valence-corrected chi connectivity index (χ4v) is 3.24. The van der Waals surface area contributed by atoms with Crippen LogP contribution in [-0.2, 0) is 6.61 Å². The van der Waals surface area contributed by atoms with Gasteiger partial charge in [0.05, 0.1) is 11.8 Å². The summed E-state index contributed by atoms with van der Waals surface area (Å²) in [6, 6.07) is 14.2. The lowest BCUT2D eigenvalue weighted by Gasteiger charge is -2.15. The Kier molecular flexibility index (Phi) is 6.09. The van der Waals surface area contributed by atoms with Gasteiger partial charge in [-0.15, -0.1) is 0 Å². The second kappa shape index (κ2) is 9.10. The molecule has 0 aliphatic rings. The van der Waals surface area contributed by atoms with Crippen LogP contribution in [0.15, 0.2) is 67.1 Å². The quantitative estimate of drug-likeness (QED) is 0.387. The molecular weight excluding hydrogens is 415 g/mol. The standard InChI is InChI=1S/C24H20ClFN4O/c1-15-4-3-5-17(10-15)14-31-22-13-28-23(19-11-18(25)6-7-20(19)26)30-24(22)29-21-8-9-27-12-16(21)2/h3-13H,14H2,1-2H3,(H,27,28,29,30). The third kappa shape index (κ3) is 4.98. The highest BCUT2D eigenvalue weighted by atomic mass is 35.5. The average Bonchev–Trinajstić information content (AvgIpc) is 2.76. The molecule has 0 unspecified atom stereocenters. The van der Waals surface area contributed by atoms with Crippen LogP contribution in [0.1, 0.15) is 16.7 Å². The van der Waals surface area contributed by atoms with Gasteiger partial charge in [-0.3, -0.25) is 4.98 Å². The first-order valence-electron chi connectivity index (χ1n) is 9.68. The minimum Gasteiger partial charge on any atom is -0.483 e. The van der Waals surface area contributed by atoms with Crippen LogP contribution in [0.5, 0.6) is 5.75 Å². The van der Waals surface area contributed by atoms with Gasteiger partial charge in [-0.2, -0.15) is 0 Å². The molecule has 156 valence electrons. The molecule has 0 aliphatic carbocycles. The number of aryl methyl sites for hydroxylation is 2. The molecule has 7 heteroatoms. The van der Waals surface area contributed by atoms with E-state index in [1.54, 1.807) is 12.4 Å². The zero-order valence-electron chi connectivity index (χ0n) is 17.1. The van der Waals surface area contributed by atoms with Crippen molar-refractivity contribution in [2.24, 2.45) is 0 Å². The van der Waals surface area contributed by atoms with E-state index in [-0.39, 0.29) is 11.4 Å². The van der Waals surface area contributed by atoms with Gasteiger partial charge in [0.25, 0.3) is 0 Å². The van der Waals surface area contributed by atoms with Crippen LogP contribution in [-0.4, -0.2) is 15.0 Å². The fourth-order valence-electron chi connectivity index (χ4n) is 3.07. The molecule has 5 nitrogen and oxygen atoms in total. The molecule has 2 aromatic heterocycles. The van der Waals surface area contributed by atoms with E-state index in [1.807, 2.05) is 38.1 Å². The monoisotopic (exact) mass is 434 g/mol. The lowest BCUT2D eigenvalue weighted by atomic mass is 10.1. The Morgan fingerprint density at radius 2 is 1.94 bits per heavy atom. The summed E-state index contributed by atoms with van der Waals surface area (Å²) in [5, 5.41) is 3.66. The number of ether oxygens (including phenoxy) is 1. The SMILES string of the molecule is Cc1cccc(COc2cnc(-c3cc(Cl)ccc3F)nc2Nc2ccncc2C)c1. The molecule has 2 heterocycles. The molecule has 31 heavy (non-hydrogen) atoms. The highest BCUT2D eigenvalue weighted by Crippen LogP contribution is 2.31. The molecule has 4 rings (SSSR count). The molecule has 0 amide bonds. The zero-order valence-corrected chi connectivity index (χ0v) is 17.8. The van der Waals surface area contributed by atoms with E-state index in [4.69, 9.17) is 16.3 Å². The van der Waals surface area contributed by atoms with E-state index >= 15 is 0 Å². The molecule has 0 spiro atoms. The summed E-state index contributed by atoms with van der Waals surface area (Å²) in [6.07, 6.45) is 4.97. The van der Waals surface area contributed by atoms with Gasteiger partial charge in [0, 0.05) is 23.1 Å². The van der Waals surface area contributed by atoms with Crippen molar-refractivity contribution in [2.45, 2.75) is 20.5 Å². The number of benzene rings is 2. The summed E-state index contributed by atoms with van der Waals surface area (Å²) in [5.74, 6) is 0.621. The third-order valence-corrected chi connectivity index (χ3v) is 4.91. The first kappa shape index (κ1) is 20.8. The number of hydrogen-bond donors (Lipinski definition) is 1. The summed E-state index contributed by atoms with van der Waals surface area (Å²) in [7, 11) is 0. The maximum absolute atomic E-state index is 14.4. The van der Waals surface area contributed by atoms with Gasteiger partial charge in [0.1, 0.15) is 12.4 Å². The molecular formula is C24H20ClFN4O. The lowest BCUT2D eigenvalue weighted by Crippen LogP contribution is -2.05. The van der Waals surface area contributed by atoms with Crippen LogP contribution >= 0.6 is 11.6 Å². The lowest BCUT2D eigenvalue weighted by molar-refractivity contribution is 0.305. The zero-order chi connectivity index (χ0) is 21.8. The van der Waals surface area contributed by atoms with Crippen LogP contribution in [0.4, 0.5) is 15.9 Å². The summed E-state index contributed by atoms with van der Waals surface area (Å²) >= 11 is 6.05. The Hall–Kier alpha value is -3.51. The van der Waals surface area contributed by atoms with Gasteiger partial charge >= 0.3 is 0 Å². The Balaban J connectivity index is 1.71. The molecule has 0 atom stereocenters. The predicted octanol–water partition coefficient (Wildman–Crippen LogP) is 6.27. The van der Waals surface area contributed by atoms with E-state index in [9.17, 15) is 4.39 Å². The largest absolute Gasteiger partial charge is 0.483 e. The molecule has 4 aromatic rings. The normalized spacial score (nSPS) is 10.7. The molecule has 2 aromatic carbocycles. The van der Waals surface area contributed by atoms with Crippen molar-refractivity contribution in [3.05, 3.63) is 94.7 Å². The van der Waals surface area contributed by atoms with Crippen LogP contribution < -0.4 is 10.1 Å². The number of nitrogens with one attached hydrogen (secondary N) is 1. The highest BCUT2D eigenvalue weighted by molar-refractivity contribution is 6.30. The second-order valence-electron chi connectivity index (χ2n) is 7.12. The number of nitrogens with zero attached hydrogens (tertiary/aromatic N) is 3. The van der Waals surface area contributed by atoms with Crippen molar-refractivity contribution < 1.29 is 9.13 Å². The van der Waals surface area contributed by atoms with Gasteiger partial charge in [-0.1, -0.05) is 41.4 Å². The van der Waals surface area contributed by atoms with E-state index in [0.29, 0.717) is 23.2 Å². The van der Waals surface area contributed by atoms with Gasteiger partial charge < -0.3 is 10.1 Å². The Morgan fingerprint density at radius 3 is 2.74 bits per heavy atom. The Morgan fingerprint density at radius 1 is 1.06 bits per heavy atom. The molecule has 0 radical (unpaired) electrons. The van der Waals surface area contributed by atoms with Crippen LogP contribution in [0, 0.1) is 19.7 Å². The van der Waals surface area contributed by atoms with E-state index < -0.39 is 5.82 Å².